The van der Waals surface area contributed by atoms with Gasteiger partial charge in [-0.3, -0.25) is 4.79 Å². The van der Waals surface area contributed by atoms with Gasteiger partial charge < -0.3 is 0 Å². The second-order valence-electron chi connectivity index (χ2n) is 3.50. The minimum atomic E-state index is -0.167. The number of nitrogens with zero attached hydrogens (tertiary/aromatic N) is 4. The fraction of sp³-hybridized carbons (Fsp3) is 0.0909. The van der Waals surface area contributed by atoms with E-state index in [1.807, 2.05) is 24.3 Å². The van der Waals surface area contributed by atoms with Crippen LogP contribution in [-0.2, 0) is 0 Å². The van der Waals surface area contributed by atoms with Crippen LogP contribution >= 0.6 is 0 Å². The fourth-order valence-corrected chi connectivity index (χ4v) is 1.64. The highest BCUT2D eigenvalue weighted by Crippen LogP contribution is 2.14. The number of para-hydroxylation sites is 2. The third kappa shape index (κ3) is 1.18. The second kappa shape index (κ2) is 3.10. The molecule has 0 fully saturated rings. The molecule has 0 saturated heterocycles. The predicted octanol–water partition coefficient (Wildman–Crippen LogP) is 1.64. The van der Waals surface area contributed by atoms with Gasteiger partial charge in [-0.1, -0.05) is 12.1 Å². The lowest BCUT2D eigenvalue weighted by atomic mass is 10.3. The Kier molecular flexibility index (Phi) is 1.73. The first-order chi connectivity index (χ1) is 7.75. The highest BCUT2D eigenvalue weighted by molar-refractivity contribution is 5.90. The summed E-state index contributed by atoms with van der Waals surface area (Å²) in [6.07, 6.45) is 1.55. The Morgan fingerprint density at radius 1 is 1.12 bits per heavy atom. The van der Waals surface area contributed by atoms with Crippen LogP contribution in [0.25, 0.3) is 22.2 Å². The highest BCUT2D eigenvalue weighted by Gasteiger charge is 2.09. The summed E-state index contributed by atoms with van der Waals surface area (Å²) in [4.78, 5) is 20.0. The molecule has 0 aliphatic carbocycles. The van der Waals surface area contributed by atoms with Crippen molar-refractivity contribution in [1.82, 2.24) is 19.7 Å². The quantitative estimate of drug-likeness (QED) is 0.568. The smallest absolute Gasteiger partial charge is 0.245 e. The molecule has 0 unspecified atom stereocenters. The molecule has 0 saturated carbocycles. The van der Waals surface area contributed by atoms with Crippen LogP contribution in [0.5, 0.6) is 0 Å². The van der Waals surface area contributed by atoms with Gasteiger partial charge in [0, 0.05) is 6.92 Å². The van der Waals surface area contributed by atoms with E-state index in [2.05, 4.69) is 15.1 Å². The standard InChI is InChI=1S/C11H8N4O/c1-7(16)15-11-10(6-12-15)13-8-4-2-3-5-9(8)14-11/h2-6H,1H3. The SMILES string of the molecule is CC(=O)n1ncc2nc3ccccc3nc21. The molecule has 0 bridgehead atoms. The number of hydrogen-bond donors (Lipinski definition) is 0. The van der Waals surface area contributed by atoms with E-state index >= 15 is 0 Å². The zero-order valence-electron chi connectivity index (χ0n) is 8.58. The Hall–Kier alpha value is -2.30. The molecule has 5 heteroatoms. The van der Waals surface area contributed by atoms with E-state index in [1.165, 1.54) is 11.6 Å². The van der Waals surface area contributed by atoms with Crippen LogP contribution in [0, 0.1) is 0 Å². The van der Waals surface area contributed by atoms with E-state index in [4.69, 9.17) is 0 Å². The normalized spacial score (nSPS) is 11.1. The summed E-state index contributed by atoms with van der Waals surface area (Å²) in [5.74, 6) is -0.167. The van der Waals surface area contributed by atoms with E-state index in [0.29, 0.717) is 11.2 Å². The Balaban J connectivity index is 2.45. The first-order valence-electron chi connectivity index (χ1n) is 4.87. The summed E-state index contributed by atoms with van der Waals surface area (Å²) in [6.45, 7) is 1.45. The molecule has 0 radical (unpaired) electrons. The van der Waals surface area contributed by atoms with E-state index in [0.717, 1.165) is 11.0 Å². The van der Waals surface area contributed by atoms with Gasteiger partial charge in [0.15, 0.2) is 5.65 Å². The molecule has 0 amide bonds. The van der Waals surface area contributed by atoms with Crippen molar-refractivity contribution in [2.24, 2.45) is 0 Å². The number of carbonyl (C=O) groups is 1. The van der Waals surface area contributed by atoms with Crippen molar-refractivity contribution >= 4 is 28.1 Å². The third-order valence-corrected chi connectivity index (χ3v) is 2.37. The van der Waals surface area contributed by atoms with E-state index < -0.39 is 0 Å². The molecule has 0 aliphatic rings. The summed E-state index contributed by atoms with van der Waals surface area (Å²) in [5.41, 5.74) is 2.70. The molecule has 3 rings (SSSR count). The Morgan fingerprint density at radius 2 is 1.81 bits per heavy atom. The average molecular weight is 212 g/mol. The van der Waals surface area contributed by atoms with Gasteiger partial charge in [-0.05, 0) is 12.1 Å². The number of fused-ring (bicyclic) bond motifs is 2. The lowest BCUT2D eigenvalue weighted by Gasteiger charge is -1.98. The van der Waals surface area contributed by atoms with Crippen molar-refractivity contribution < 1.29 is 4.79 Å². The van der Waals surface area contributed by atoms with Gasteiger partial charge in [0.05, 0.1) is 17.2 Å². The molecule has 5 nitrogen and oxygen atoms in total. The lowest BCUT2D eigenvalue weighted by Crippen LogP contribution is -2.07. The predicted molar refractivity (Wildman–Crippen MR) is 59.1 cm³/mol. The molecule has 0 aliphatic heterocycles. The first kappa shape index (κ1) is 8.96. The zero-order chi connectivity index (χ0) is 11.1. The Morgan fingerprint density at radius 3 is 2.50 bits per heavy atom. The largest absolute Gasteiger partial charge is 0.273 e. The summed E-state index contributed by atoms with van der Waals surface area (Å²) in [5, 5.41) is 3.96. The van der Waals surface area contributed by atoms with Crippen LogP contribution in [0.3, 0.4) is 0 Å². The maximum absolute atomic E-state index is 11.3. The van der Waals surface area contributed by atoms with E-state index in [9.17, 15) is 4.79 Å². The number of carbonyl (C=O) groups excluding carboxylic acids is 1. The minimum absolute atomic E-state index is 0.167. The van der Waals surface area contributed by atoms with Gasteiger partial charge in [0.1, 0.15) is 5.52 Å². The molecule has 16 heavy (non-hydrogen) atoms. The average Bonchev–Trinajstić information content (AvgIpc) is 2.68. The molecule has 2 aromatic heterocycles. The first-order valence-corrected chi connectivity index (χ1v) is 4.87. The van der Waals surface area contributed by atoms with Gasteiger partial charge in [-0.25, -0.2) is 9.97 Å². The van der Waals surface area contributed by atoms with Crippen molar-refractivity contribution in [1.29, 1.82) is 0 Å². The van der Waals surface area contributed by atoms with Gasteiger partial charge >= 0.3 is 0 Å². The van der Waals surface area contributed by atoms with Crippen molar-refractivity contribution in [2.75, 3.05) is 0 Å². The lowest BCUT2D eigenvalue weighted by molar-refractivity contribution is 0.0926. The molecule has 0 atom stereocenters. The third-order valence-electron chi connectivity index (χ3n) is 2.37. The zero-order valence-corrected chi connectivity index (χ0v) is 8.58. The Bertz CT molecular complexity index is 701. The molecule has 2 heterocycles. The van der Waals surface area contributed by atoms with Gasteiger partial charge in [-0.15, -0.1) is 0 Å². The topological polar surface area (TPSA) is 60.7 Å². The van der Waals surface area contributed by atoms with Crippen LogP contribution in [0.4, 0.5) is 0 Å². The molecule has 78 valence electrons. The number of benzene rings is 1. The molecule has 0 N–H and O–H groups in total. The summed E-state index contributed by atoms with van der Waals surface area (Å²) in [7, 11) is 0. The van der Waals surface area contributed by atoms with E-state index in [1.54, 1.807) is 6.20 Å². The van der Waals surface area contributed by atoms with Crippen molar-refractivity contribution in [3.8, 4) is 0 Å². The second-order valence-corrected chi connectivity index (χ2v) is 3.50. The molecular formula is C11H8N4O. The van der Waals surface area contributed by atoms with Crippen molar-refractivity contribution in [2.45, 2.75) is 6.92 Å². The minimum Gasteiger partial charge on any atom is -0.273 e. The molecule has 0 spiro atoms. The monoisotopic (exact) mass is 212 g/mol. The van der Waals surface area contributed by atoms with Crippen molar-refractivity contribution in [3.63, 3.8) is 0 Å². The number of rotatable bonds is 0. The molecule has 1 aromatic carbocycles. The highest BCUT2D eigenvalue weighted by atomic mass is 16.2. The maximum Gasteiger partial charge on any atom is 0.245 e. The van der Waals surface area contributed by atoms with Crippen LogP contribution in [0.15, 0.2) is 30.5 Å². The van der Waals surface area contributed by atoms with Crippen LogP contribution in [0.1, 0.15) is 11.7 Å². The number of hydrogen-bond acceptors (Lipinski definition) is 4. The van der Waals surface area contributed by atoms with Gasteiger partial charge in [0.2, 0.25) is 5.91 Å². The van der Waals surface area contributed by atoms with Gasteiger partial charge in [0.25, 0.3) is 0 Å². The van der Waals surface area contributed by atoms with E-state index in [-0.39, 0.29) is 5.91 Å². The number of aromatic nitrogens is 4. The van der Waals surface area contributed by atoms with Crippen LogP contribution in [0.2, 0.25) is 0 Å². The molecular weight excluding hydrogens is 204 g/mol. The summed E-state index contributed by atoms with van der Waals surface area (Å²) < 4.78 is 1.26. The van der Waals surface area contributed by atoms with Crippen LogP contribution < -0.4 is 0 Å². The van der Waals surface area contributed by atoms with Crippen molar-refractivity contribution in [3.05, 3.63) is 30.5 Å². The maximum atomic E-state index is 11.3. The summed E-state index contributed by atoms with van der Waals surface area (Å²) >= 11 is 0. The molecule has 3 aromatic rings. The van der Waals surface area contributed by atoms with Gasteiger partial charge in [-0.2, -0.15) is 9.78 Å². The summed E-state index contributed by atoms with van der Waals surface area (Å²) in [6, 6.07) is 7.53. The van der Waals surface area contributed by atoms with Crippen LogP contribution in [-0.4, -0.2) is 25.7 Å². The Labute approximate surface area is 90.7 Å². The fourth-order valence-electron chi connectivity index (χ4n) is 1.64.